The minimum atomic E-state index is 0.0285. The summed E-state index contributed by atoms with van der Waals surface area (Å²) in [5.74, 6) is 1.01. The molecule has 118 valence electrons. The summed E-state index contributed by atoms with van der Waals surface area (Å²) in [6, 6.07) is 11.7. The van der Waals surface area contributed by atoms with Crippen molar-refractivity contribution in [1.82, 2.24) is 14.5 Å². The second-order valence-electron chi connectivity index (χ2n) is 5.78. The number of thiophene rings is 1. The lowest BCUT2D eigenvalue weighted by Gasteiger charge is -2.23. The van der Waals surface area contributed by atoms with Crippen LogP contribution in [0.25, 0.3) is 11.0 Å². The summed E-state index contributed by atoms with van der Waals surface area (Å²) in [6.07, 6.45) is 1.95. The number of carbonyl (C=O) groups excluding carboxylic acids is 1. The molecule has 1 amide bonds. The van der Waals surface area contributed by atoms with Gasteiger partial charge in [-0.25, -0.2) is 4.98 Å². The van der Waals surface area contributed by atoms with E-state index in [4.69, 9.17) is 16.6 Å². The summed E-state index contributed by atoms with van der Waals surface area (Å²) in [5.41, 5.74) is 2.07. The third kappa shape index (κ3) is 2.44. The lowest BCUT2D eigenvalue weighted by molar-refractivity contribution is 0.0733. The van der Waals surface area contributed by atoms with Gasteiger partial charge in [-0.3, -0.25) is 4.79 Å². The van der Waals surface area contributed by atoms with Gasteiger partial charge in [-0.05, 0) is 37.1 Å². The molecule has 3 aromatic rings. The molecule has 0 N–H and O–H groups in total. The molecule has 3 heterocycles. The number of imidazole rings is 1. The maximum absolute atomic E-state index is 12.8. The average molecular weight is 346 g/mol. The van der Waals surface area contributed by atoms with Gasteiger partial charge in [-0.1, -0.05) is 23.7 Å². The Kier molecular flexibility index (Phi) is 3.62. The van der Waals surface area contributed by atoms with E-state index in [-0.39, 0.29) is 11.9 Å². The number of aromatic nitrogens is 2. The van der Waals surface area contributed by atoms with Crippen molar-refractivity contribution in [3.8, 4) is 0 Å². The molecule has 2 aromatic heterocycles. The quantitative estimate of drug-likeness (QED) is 0.695. The Balaban J connectivity index is 1.72. The molecule has 0 radical (unpaired) electrons. The number of hydrogen-bond donors (Lipinski definition) is 0. The summed E-state index contributed by atoms with van der Waals surface area (Å²) in [6.45, 7) is 0.766. The molecule has 6 heteroatoms. The van der Waals surface area contributed by atoms with Crippen molar-refractivity contribution in [3.05, 3.63) is 51.4 Å². The normalized spacial score (nSPS) is 18.0. The molecule has 0 aliphatic carbocycles. The van der Waals surface area contributed by atoms with Crippen molar-refractivity contribution in [2.45, 2.75) is 18.9 Å². The fraction of sp³-hybridized carbons (Fsp3) is 0.294. The molecule has 4 nitrogen and oxygen atoms in total. The third-order valence-electron chi connectivity index (χ3n) is 4.42. The Morgan fingerprint density at radius 1 is 1.30 bits per heavy atom. The van der Waals surface area contributed by atoms with Gasteiger partial charge in [0.25, 0.3) is 5.91 Å². The van der Waals surface area contributed by atoms with E-state index in [9.17, 15) is 4.79 Å². The van der Waals surface area contributed by atoms with Crippen LogP contribution < -0.4 is 0 Å². The highest BCUT2D eigenvalue weighted by molar-refractivity contribution is 7.17. The molecular formula is C17H16ClN3OS. The summed E-state index contributed by atoms with van der Waals surface area (Å²) < 4.78 is 2.75. The van der Waals surface area contributed by atoms with Crippen molar-refractivity contribution in [2.24, 2.45) is 7.05 Å². The number of nitrogens with zero attached hydrogens (tertiary/aromatic N) is 3. The van der Waals surface area contributed by atoms with Gasteiger partial charge in [-0.15, -0.1) is 11.3 Å². The highest BCUT2D eigenvalue weighted by Gasteiger charge is 2.34. The van der Waals surface area contributed by atoms with Gasteiger partial charge >= 0.3 is 0 Å². The lowest BCUT2D eigenvalue weighted by atomic mass is 10.2. The molecule has 0 bridgehead atoms. The van der Waals surface area contributed by atoms with Crippen molar-refractivity contribution in [1.29, 1.82) is 0 Å². The van der Waals surface area contributed by atoms with Crippen LogP contribution in [0.3, 0.4) is 0 Å². The zero-order valence-electron chi connectivity index (χ0n) is 12.7. The van der Waals surface area contributed by atoms with E-state index in [1.165, 1.54) is 11.3 Å². The van der Waals surface area contributed by atoms with Gasteiger partial charge in [0.15, 0.2) is 0 Å². The maximum atomic E-state index is 12.8. The number of likely N-dealkylation sites (tertiary alicyclic amines) is 1. The number of fused-ring (bicyclic) bond motifs is 1. The first-order valence-corrected chi connectivity index (χ1v) is 8.82. The summed E-state index contributed by atoms with van der Waals surface area (Å²) in [7, 11) is 2.02. The topological polar surface area (TPSA) is 38.1 Å². The minimum absolute atomic E-state index is 0.0285. The van der Waals surface area contributed by atoms with E-state index in [1.54, 1.807) is 12.1 Å². The number of rotatable bonds is 2. The van der Waals surface area contributed by atoms with E-state index in [2.05, 4.69) is 10.6 Å². The molecule has 4 rings (SSSR count). The Bertz CT molecular complexity index is 885. The Morgan fingerprint density at radius 2 is 2.13 bits per heavy atom. The molecule has 1 aromatic carbocycles. The van der Waals surface area contributed by atoms with Crippen molar-refractivity contribution in [2.75, 3.05) is 6.54 Å². The van der Waals surface area contributed by atoms with Crippen LogP contribution in [0, 0.1) is 0 Å². The van der Waals surface area contributed by atoms with Crippen LogP contribution in [0.15, 0.2) is 36.4 Å². The van der Waals surface area contributed by atoms with Gasteiger partial charge in [0.05, 0.1) is 26.3 Å². The molecule has 1 saturated heterocycles. The number of para-hydroxylation sites is 2. The molecule has 0 saturated carbocycles. The molecule has 1 atom stereocenters. The predicted octanol–water partition coefficient (Wildman–Crippen LogP) is 4.27. The van der Waals surface area contributed by atoms with Gasteiger partial charge in [0.1, 0.15) is 5.82 Å². The van der Waals surface area contributed by atoms with Gasteiger partial charge in [0, 0.05) is 13.6 Å². The third-order valence-corrected chi connectivity index (χ3v) is 5.64. The van der Waals surface area contributed by atoms with Crippen molar-refractivity contribution >= 4 is 39.9 Å². The fourth-order valence-corrected chi connectivity index (χ4v) is 4.31. The highest BCUT2D eigenvalue weighted by Crippen LogP contribution is 2.35. The first-order valence-electron chi connectivity index (χ1n) is 7.63. The molecular weight excluding hydrogens is 330 g/mol. The van der Waals surface area contributed by atoms with Gasteiger partial charge in [0.2, 0.25) is 0 Å². The zero-order chi connectivity index (χ0) is 16.0. The lowest BCUT2D eigenvalue weighted by Crippen LogP contribution is -2.31. The van der Waals surface area contributed by atoms with Gasteiger partial charge < -0.3 is 9.47 Å². The highest BCUT2D eigenvalue weighted by atomic mass is 35.5. The number of aryl methyl sites for hydroxylation is 1. The molecule has 1 aliphatic rings. The second kappa shape index (κ2) is 5.65. The second-order valence-corrected chi connectivity index (χ2v) is 7.49. The standard InChI is InChI=1S/C17H16ClN3OS/c1-20-12-6-3-2-5-11(12)19-16(20)13-7-4-10-21(13)17(22)14-8-9-15(18)23-14/h2-3,5-6,8-9,13H,4,7,10H2,1H3. The molecule has 1 fully saturated rings. The van der Waals surface area contributed by atoms with Crippen molar-refractivity contribution < 1.29 is 4.79 Å². The van der Waals surface area contributed by atoms with E-state index in [0.717, 1.165) is 36.2 Å². The number of halogens is 1. The van der Waals surface area contributed by atoms with Crippen LogP contribution in [-0.2, 0) is 7.05 Å². The monoisotopic (exact) mass is 345 g/mol. The first kappa shape index (κ1) is 14.7. The largest absolute Gasteiger partial charge is 0.329 e. The number of hydrogen-bond acceptors (Lipinski definition) is 3. The summed E-state index contributed by atoms with van der Waals surface area (Å²) in [5, 5.41) is 0. The van der Waals surface area contributed by atoms with Crippen LogP contribution in [-0.4, -0.2) is 26.9 Å². The van der Waals surface area contributed by atoms with Crippen LogP contribution in [0.2, 0.25) is 4.34 Å². The summed E-state index contributed by atoms with van der Waals surface area (Å²) >= 11 is 7.31. The number of amides is 1. The van der Waals surface area contributed by atoms with Crippen molar-refractivity contribution in [3.63, 3.8) is 0 Å². The zero-order valence-corrected chi connectivity index (χ0v) is 14.3. The number of carbonyl (C=O) groups is 1. The first-order chi connectivity index (χ1) is 11.1. The van der Waals surface area contributed by atoms with E-state index in [0.29, 0.717) is 9.21 Å². The Labute approximate surface area is 143 Å². The van der Waals surface area contributed by atoms with Gasteiger partial charge in [-0.2, -0.15) is 0 Å². The molecule has 1 aliphatic heterocycles. The molecule has 0 spiro atoms. The number of benzene rings is 1. The van der Waals surface area contributed by atoms with Crippen LogP contribution in [0.4, 0.5) is 0 Å². The van der Waals surface area contributed by atoms with E-state index >= 15 is 0 Å². The average Bonchev–Trinajstić information content (AvgIpc) is 3.26. The summed E-state index contributed by atoms with van der Waals surface area (Å²) in [4.78, 5) is 20.2. The Morgan fingerprint density at radius 3 is 2.87 bits per heavy atom. The van der Waals surface area contributed by atoms with Crippen LogP contribution in [0.1, 0.15) is 34.4 Å². The van der Waals surface area contributed by atoms with Crippen LogP contribution >= 0.6 is 22.9 Å². The minimum Gasteiger partial charge on any atom is -0.329 e. The molecule has 23 heavy (non-hydrogen) atoms. The Hall–Kier alpha value is -1.85. The smallest absolute Gasteiger partial charge is 0.264 e. The molecule has 1 unspecified atom stereocenters. The van der Waals surface area contributed by atoms with E-state index in [1.807, 2.05) is 30.1 Å². The van der Waals surface area contributed by atoms with E-state index < -0.39 is 0 Å². The maximum Gasteiger partial charge on any atom is 0.264 e. The fourth-order valence-electron chi connectivity index (χ4n) is 3.31. The predicted molar refractivity (Wildman–Crippen MR) is 93.1 cm³/mol. The SMILES string of the molecule is Cn1c(C2CCCN2C(=O)c2ccc(Cl)s2)nc2ccccc21. The van der Waals surface area contributed by atoms with Crippen LogP contribution in [0.5, 0.6) is 0 Å².